The fraction of sp³-hybridized carbons (Fsp3) is 0.438. The van der Waals surface area contributed by atoms with E-state index >= 15 is 0 Å². The molecule has 1 aliphatic heterocycles. The number of ether oxygens (including phenoxy) is 1. The van der Waals surface area contributed by atoms with Gasteiger partial charge in [0.25, 0.3) is 0 Å². The van der Waals surface area contributed by atoms with Gasteiger partial charge in [0.1, 0.15) is 11.5 Å². The highest BCUT2D eigenvalue weighted by atomic mass is 35.5. The van der Waals surface area contributed by atoms with E-state index in [1.807, 2.05) is 6.92 Å². The molecule has 136 valence electrons. The molecule has 25 heavy (non-hydrogen) atoms. The monoisotopic (exact) mass is 385 g/mol. The molecule has 0 atom stereocenters. The third-order valence-corrected chi connectivity index (χ3v) is 6.53. The van der Waals surface area contributed by atoms with Crippen LogP contribution in [0, 0.1) is 6.92 Å². The maximum Gasteiger partial charge on any atom is 0.243 e. The normalized spacial score (nSPS) is 16.9. The lowest BCUT2D eigenvalue weighted by Gasteiger charge is -2.33. The van der Waals surface area contributed by atoms with Gasteiger partial charge < -0.3 is 9.26 Å². The SMILES string of the molecule is COc1ccc(S(=O)(=O)N2CCN(Cc3cnoc3C)CC2)cc1Cl. The van der Waals surface area contributed by atoms with Crippen LogP contribution in [0.15, 0.2) is 33.8 Å². The Balaban J connectivity index is 1.67. The lowest BCUT2D eigenvalue weighted by atomic mass is 10.2. The van der Waals surface area contributed by atoms with Gasteiger partial charge in [-0.25, -0.2) is 8.42 Å². The number of rotatable bonds is 5. The molecule has 1 saturated heterocycles. The van der Waals surface area contributed by atoms with Crippen molar-refractivity contribution in [3.63, 3.8) is 0 Å². The van der Waals surface area contributed by atoms with Gasteiger partial charge in [-0.1, -0.05) is 16.8 Å². The summed E-state index contributed by atoms with van der Waals surface area (Å²) in [5.74, 6) is 1.25. The van der Waals surface area contributed by atoms with Gasteiger partial charge in [0, 0.05) is 38.3 Å². The summed E-state index contributed by atoms with van der Waals surface area (Å²) >= 11 is 6.06. The topological polar surface area (TPSA) is 75.9 Å². The summed E-state index contributed by atoms with van der Waals surface area (Å²) in [7, 11) is -2.08. The number of benzene rings is 1. The summed E-state index contributed by atoms with van der Waals surface area (Å²) in [6, 6.07) is 4.52. The van der Waals surface area contributed by atoms with Crippen LogP contribution in [-0.2, 0) is 16.6 Å². The number of piperazine rings is 1. The van der Waals surface area contributed by atoms with E-state index in [-0.39, 0.29) is 9.92 Å². The Morgan fingerprint density at radius 3 is 2.56 bits per heavy atom. The summed E-state index contributed by atoms with van der Waals surface area (Å²) in [5.41, 5.74) is 1.03. The molecular weight excluding hydrogens is 366 g/mol. The fourth-order valence-electron chi connectivity index (χ4n) is 2.80. The minimum Gasteiger partial charge on any atom is -0.495 e. The van der Waals surface area contributed by atoms with Crippen molar-refractivity contribution in [2.75, 3.05) is 33.3 Å². The van der Waals surface area contributed by atoms with Crippen molar-refractivity contribution in [3.05, 3.63) is 40.7 Å². The zero-order valence-electron chi connectivity index (χ0n) is 14.1. The Hall–Kier alpha value is -1.61. The molecule has 0 unspecified atom stereocenters. The van der Waals surface area contributed by atoms with Crippen LogP contribution >= 0.6 is 11.6 Å². The van der Waals surface area contributed by atoms with Gasteiger partial charge in [-0.05, 0) is 25.1 Å². The Kier molecular flexibility index (Phi) is 5.33. The van der Waals surface area contributed by atoms with E-state index in [1.165, 1.54) is 23.5 Å². The highest BCUT2D eigenvalue weighted by Gasteiger charge is 2.29. The predicted molar refractivity (Wildman–Crippen MR) is 93.3 cm³/mol. The second kappa shape index (κ2) is 7.33. The first-order chi connectivity index (χ1) is 11.9. The smallest absolute Gasteiger partial charge is 0.243 e. The van der Waals surface area contributed by atoms with E-state index in [0.29, 0.717) is 38.5 Å². The molecule has 9 heteroatoms. The molecule has 0 radical (unpaired) electrons. The van der Waals surface area contributed by atoms with E-state index in [0.717, 1.165) is 11.3 Å². The molecule has 0 bridgehead atoms. The maximum atomic E-state index is 12.8. The summed E-state index contributed by atoms with van der Waals surface area (Å²) in [6.45, 7) is 4.72. The third-order valence-electron chi connectivity index (χ3n) is 4.34. The lowest BCUT2D eigenvalue weighted by Crippen LogP contribution is -2.48. The molecule has 1 aliphatic rings. The molecule has 2 aromatic rings. The van der Waals surface area contributed by atoms with Crippen LogP contribution in [-0.4, -0.2) is 56.1 Å². The quantitative estimate of drug-likeness (QED) is 0.785. The highest BCUT2D eigenvalue weighted by molar-refractivity contribution is 7.89. The van der Waals surface area contributed by atoms with Gasteiger partial charge >= 0.3 is 0 Å². The van der Waals surface area contributed by atoms with Gasteiger partial charge in [0.2, 0.25) is 10.0 Å². The Morgan fingerprint density at radius 1 is 1.28 bits per heavy atom. The van der Waals surface area contributed by atoms with E-state index < -0.39 is 10.0 Å². The molecule has 7 nitrogen and oxygen atoms in total. The zero-order valence-corrected chi connectivity index (χ0v) is 15.7. The van der Waals surface area contributed by atoms with Gasteiger partial charge in [-0.3, -0.25) is 4.90 Å². The van der Waals surface area contributed by atoms with Crippen molar-refractivity contribution in [1.29, 1.82) is 0 Å². The van der Waals surface area contributed by atoms with Crippen LogP contribution in [0.1, 0.15) is 11.3 Å². The van der Waals surface area contributed by atoms with Crippen molar-refractivity contribution in [3.8, 4) is 5.75 Å². The number of aryl methyl sites for hydroxylation is 1. The fourth-order valence-corrected chi connectivity index (χ4v) is 4.57. The molecule has 0 saturated carbocycles. The lowest BCUT2D eigenvalue weighted by molar-refractivity contribution is 0.181. The first-order valence-corrected chi connectivity index (χ1v) is 9.70. The van der Waals surface area contributed by atoms with Crippen molar-refractivity contribution in [1.82, 2.24) is 14.4 Å². The molecule has 0 aliphatic carbocycles. The molecule has 1 fully saturated rings. The second-order valence-corrected chi connectivity index (χ2v) is 8.23. The number of sulfonamides is 1. The number of hydrogen-bond acceptors (Lipinski definition) is 6. The average Bonchev–Trinajstić information content (AvgIpc) is 3.00. The molecule has 0 amide bonds. The van der Waals surface area contributed by atoms with Crippen LogP contribution in [0.3, 0.4) is 0 Å². The van der Waals surface area contributed by atoms with E-state index in [4.69, 9.17) is 20.9 Å². The molecule has 1 aromatic carbocycles. The standard InChI is InChI=1S/C16H20ClN3O4S/c1-12-13(10-18-24-12)11-19-5-7-20(8-6-19)25(21,22)14-3-4-16(23-2)15(17)9-14/h3-4,9-10H,5-8,11H2,1-2H3. The molecule has 1 aromatic heterocycles. The van der Waals surface area contributed by atoms with Crippen LogP contribution in [0.25, 0.3) is 0 Å². The maximum absolute atomic E-state index is 12.8. The Morgan fingerprint density at radius 2 is 2.00 bits per heavy atom. The number of nitrogens with zero attached hydrogens (tertiary/aromatic N) is 3. The van der Waals surface area contributed by atoms with E-state index in [1.54, 1.807) is 12.3 Å². The van der Waals surface area contributed by atoms with Crippen molar-refractivity contribution >= 4 is 21.6 Å². The third kappa shape index (κ3) is 3.82. The van der Waals surface area contributed by atoms with Gasteiger partial charge in [0.15, 0.2) is 0 Å². The van der Waals surface area contributed by atoms with Gasteiger partial charge in [-0.15, -0.1) is 0 Å². The molecule has 3 rings (SSSR count). The first kappa shape index (κ1) is 18.2. The minimum absolute atomic E-state index is 0.182. The minimum atomic E-state index is -3.57. The van der Waals surface area contributed by atoms with Crippen LogP contribution in [0.2, 0.25) is 5.02 Å². The highest BCUT2D eigenvalue weighted by Crippen LogP contribution is 2.28. The van der Waals surface area contributed by atoms with Gasteiger partial charge in [0.05, 0.1) is 23.2 Å². The number of methoxy groups -OCH3 is 1. The summed E-state index contributed by atoms with van der Waals surface area (Å²) in [6.07, 6.45) is 1.71. The number of hydrogen-bond donors (Lipinski definition) is 0. The summed E-state index contributed by atoms with van der Waals surface area (Å²) in [5, 5.41) is 4.06. The zero-order chi connectivity index (χ0) is 18.0. The van der Waals surface area contributed by atoms with Crippen LogP contribution < -0.4 is 4.74 Å². The first-order valence-electron chi connectivity index (χ1n) is 7.88. The molecule has 0 N–H and O–H groups in total. The Bertz CT molecular complexity index is 845. The van der Waals surface area contributed by atoms with Crippen molar-refractivity contribution < 1.29 is 17.7 Å². The largest absolute Gasteiger partial charge is 0.495 e. The summed E-state index contributed by atoms with van der Waals surface area (Å²) in [4.78, 5) is 2.37. The molecule has 0 spiro atoms. The molecule has 2 heterocycles. The van der Waals surface area contributed by atoms with Gasteiger partial charge in [-0.2, -0.15) is 4.31 Å². The van der Waals surface area contributed by atoms with Crippen LogP contribution in [0.5, 0.6) is 5.75 Å². The van der Waals surface area contributed by atoms with E-state index in [2.05, 4.69) is 10.1 Å². The average molecular weight is 386 g/mol. The number of halogens is 1. The summed E-state index contributed by atoms with van der Waals surface area (Å²) < 4.78 is 37.2. The van der Waals surface area contributed by atoms with Crippen LogP contribution in [0.4, 0.5) is 0 Å². The van der Waals surface area contributed by atoms with Crippen molar-refractivity contribution in [2.45, 2.75) is 18.4 Å². The molecular formula is C16H20ClN3O4S. The van der Waals surface area contributed by atoms with E-state index in [9.17, 15) is 8.42 Å². The van der Waals surface area contributed by atoms with Crippen molar-refractivity contribution in [2.24, 2.45) is 0 Å². The number of aromatic nitrogens is 1. The second-order valence-electron chi connectivity index (χ2n) is 5.88. The predicted octanol–water partition coefficient (Wildman–Crippen LogP) is 2.15. The Labute approximate surface area is 152 Å².